The number of hydrogen-bond acceptors (Lipinski definition) is 4. The quantitative estimate of drug-likeness (QED) is 0.343. The molecule has 1 aliphatic carbocycles. The molecule has 1 saturated carbocycles. The summed E-state index contributed by atoms with van der Waals surface area (Å²) in [6.45, 7) is 18.1. The van der Waals surface area contributed by atoms with E-state index in [2.05, 4.69) is 24.5 Å². The summed E-state index contributed by atoms with van der Waals surface area (Å²) in [6, 6.07) is 4.41. The molecule has 2 N–H and O–H groups in total. The molecule has 37 heavy (non-hydrogen) atoms. The number of nitrogens with one attached hydrogen (secondary N) is 2. The fraction of sp³-hybridized carbons (Fsp3) is 0.700. The van der Waals surface area contributed by atoms with Crippen molar-refractivity contribution in [2.45, 2.75) is 118 Å². The number of aryl methyl sites for hydroxylation is 2. The number of amides is 3. The molecular formula is C30H49N3O4. The molecule has 2 rings (SSSR count). The smallest absolute Gasteiger partial charge is 0.408 e. The maximum absolute atomic E-state index is 14.3. The lowest BCUT2D eigenvalue weighted by Crippen LogP contribution is -2.56. The highest BCUT2D eigenvalue weighted by atomic mass is 16.6. The zero-order valence-electron chi connectivity index (χ0n) is 24.4. The van der Waals surface area contributed by atoms with Crippen molar-refractivity contribution in [1.29, 1.82) is 0 Å². The molecular weight excluding hydrogens is 466 g/mol. The van der Waals surface area contributed by atoms with Crippen molar-refractivity contribution in [2.24, 2.45) is 11.8 Å². The van der Waals surface area contributed by atoms with Gasteiger partial charge in [0.05, 0.1) is 0 Å². The summed E-state index contributed by atoms with van der Waals surface area (Å²) in [7, 11) is 0. The molecule has 0 aliphatic heterocycles. The first-order valence-electron chi connectivity index (χ1n) is 14.0. The maximum atomic E-state index is 14.3. The lowest BCUT2D eigenvalue weighted by atomic mass is 9.93. The molecule has 0 saturated heterocycles. The van der Waals surface area contributed by atoms with E-state index >= 15 is 0 Å². The highest BCUT2D eigenvalue weighted by molar-refractivity contribution is 5.93. The number of nitrogens with zero attached hydrogens (tertiary/aromatic N) is 1. The first-order chi connectivity index (χ1) is 17.3. The number of hydrogen-bond donors (Lipinski definition) is 2. The molecule has 5 atom stereocenters. The monoisotopic (exact) mass is 515 g/mol. The highest BCUT2D eigenvalue weighted by Gasteiger charge is 2.49. The van der Waals surface area contributed by atoms with Crippen LogP contribution in [0.1, 0.15) is 103 Å². The molecule has 1 aromatic carbocycles. The van der Waals surface area contributed by atoms with Crippen LogP contribution in [0.5, 0.6) is 0 Å². The molecule has 1 aliphatic rings. The van der Waals surface area contributed by atoms with E-state index in [0.29, 0.717) is 13.0 Å². The Morgan fingerprint density at radius 3 is 2.32 bits per heavy atom. The van der Waals surface area contributed by atoms with E-state index in [4.69, 9.17) is 4.74 Å². The van der Waals surface area contributed by atoms with Gasteiger partial charge < -0.3 is 20.3 Å². The molecule has 0 bridgehead atoms. The second kappa shape index (κ2) is 13.3. The molecule has 0 heterocycles. The van der Waals surface area contributed by atoms with Crippen LogP contribution in [0.2, 0.25) is 0 Å². The van der Waals surface area contributed by atoms with Gasteiger partial charge in [0.1, 0.15) is 17.7 Å². The van der Waals surface area contributed by atoms with Crippen molar-refractivity contribution in [3.05, 3.63) is 34.9 Å². The Kier molecular flexibility index (Phi) is 11.0. The first-order valence-corrected chi connectivity index (χ1v) is 14.0. The van der Waals surface area contributed by atoms with E-state index < -0.39 is 23.8 Å². The van der Waals surface area contributed by atoms with Gasteiger partial charge in [0.25, 0.3) is 0 Å². The first kappa shape index (κ1) is 30.7. The molecule has 0 aromatic heterocycles. The van der Waals surface area contributed by atoms with Crippen molar-refractivity contribution >= 4 is 17.9 Å². The minimum absolute atomic E-state index is 0.0641. The fourth-order valence-electron chi connectivity index (χ4n) is 4.61. The van der Waals surface area contributed by atoms with Crippen molar-refractivity contribution in [2.75, 3.05) is 6.54 Å². The van der Waals surface area contributed by atoms with Crippen LogP contribution in [0.3, 0.4) is 0 Å². The Bertz CT molecular complexity index is 939. The van der Waals surface area contributed by atoms with Gasteiger partial charge in [-0.25, -0.2) is 4.79 Å². The van der Waals surface area contributed by atoms with Crippen LogP contribution in [-0.2, 0) is 14.3 Å². The fourth-order valence-corrected chi connectivity index (χ4v) is 4.61. The van der Waals surface area contributed by atoms with Gasteiger partial charge in [-0.1, -0.05) is 70.7 Å². The largest absolute Gasteiger partial charge is 0.444 e. The highest BCUT2D eigenvalue weighted by Crippen LogP contribution is 2.42. The van der Waals surface area contributed by atoms with Gasteiger partial charge in [-0.3, -0.25) is 9.59 Å². The van der Waals surface area contributed by atoms with Crippen LogP contribution in [0.15, 0.2) is 18.2 Å². The van der Waals surface area contributed by atoms with Crippen molar-refractivity contribution < 1.29 is 19.1 Å². The third-order valence-corrected chi connectivity index (χ3v) is 7.17. The molecule has 5 unspecified atom stereocenters. The van der Waals surface area contributed by atoms with Crippen LogP contribution in [0, 0.1) is 25.7 Å². The topological polar surface area (TPSA) is 87.7 Å². The maximum Gasteiger partial charge on any atom is 0.408 e. The van der Waals surface area contributed by atoms with Crippen LogP contribution < -0.4 is 10.6 Å². The second-order valence-electron chi connectivity index (χ2n) is 11.8. The standard InChI is InChI=1S/C30H49N3O4/c1-10-12-13-16-31-27(34)26(23-17-19(3)14-15-21(23)5)33(24-18-22(24)6)28(35)25(20(4)11-2)32-29(36)37-30(7,8)9/h14-15,17,20,22,24-26H,10-13,16,18H2,1-9H3,(H,31,34)(H,32,36). The Hall–Kier alpha value is -2.57. The molecule has 7 heteroatoms. The van der Waals surface area contributed by atoms with Crippen molar-refractivity contribution in [3.63, 3.8) is 0 Å². The predicted molar refractivity (Wildman–Crippen MR) is 148 cm³/mol. The van der Waals surface area contributed by atoms with Gasteiger partial charge in [-0.2, -0.15) is 0 Å². The third kappa shape index (κ3) is 8.75. The zero-order chi connectivity index (χ0) is 27.9. The predicted octanol–water partition coefficient (Wildman–Crippen LogP) is 5.83. The molecule has 7 nitrogen and oxygen atoms in total. The van der Waals surface area contributed by atoms with Crippen LogP contribution >= 0.6 is 0 Å². The van der Waals surface area contributed by atoms with E-state index in [1.165, 1.54) is 0 Å². The van der Waals surface area contributed by atoms with Crippen LogP contribution in [0.25, 0.3) is 0 Å². The lowest BCUT2D eigenvalue weighted by Gasteiger charge is -2.37. The van der Waals surface area contributed by atoms with Crippen LogP contribution in [0.4, 0.5) is 4.79 Å². The number of unbranched alkanes of at least 4 members (excludes halogenated alkanes) is 2. The molecule has 0 radical (unpaired) electrons. The molecule has 1 fully saturated rings. The average molecular weight is 516 g/mol. The normalized spacial score (nSPS) is 19.4. The number of alkyl carbamates (subject to hydrolysis) is 1. The minimum Gasteiger partial charge on any atom is -0.444 e. The molecule has 3 amide bonds. The lowest BCUT2D eigenvalue weighted by molar-refractivity contribution is -0.144. The van der Waals surface area contributed by atoms with E-state index in [-0.39, 0.29) is 29.7 Å². The van der Waals surface area contributed by atoms with Gasteiger partial charge in [0.15, 0.2) is 0 Å². The minimum atomic E-state index is -0.798. The molecule has 1 aromatic rings. The van der Waals surface area contributed by atoms with E-state index in [0.717, 1.165) is 42.4 Å². The number of benzene rings is 1. The summed E-state index contributed by atoms with van der Waals surface area (Å²) in [6.07, 6.45) is 3.89. The average Bonchev–Trinajstić information content (AvgIpc) is 3.53. The van der Waals surface area contributed by atoms with E-state index in [9.17, 15) is 14.4 Å². The Morgan fingerprint density at radius 1 is 1.14 bits per heavy atom. The summed E-state index contributed by atoms with van der Waals surface area (Å²) in [5.74, 6) is -0.256. The summed E-state index contributed by atoms with van der Waals surface area (Å²) in [4.78, 5) is 42.7. The Labute approximate surface area is 224 Å². The summed E-state index contributed by atoms with van der Waals surface area (Å²) < 4.78 is 5.49. The zero-order valence-corrected chi connectivity index (χ0v) is 24.4. The van der Waals surface area contributed by atoms with Crippen molar-refractivity contribution in [3.8, 4) is 0 Å². The number of rotatable bonds is 12. The second-order valence-corrected chi connectivity index (χ2v) is 11.8. The summed E-state index contributed by atoms with van der Waals surface area (Å²) in [5.41, 5.74) is 2.15. The summed E-state index contributed by atoms with van der Waals surface area (Å²) >= 11 is 0. The molecule has 208 valence electrons. The van der Waals surface area contributed by atoms with Gasteiger partial charge in [-0.15, -0.1) is 0 Å². The number of carbonyl (C=O) groups excluding carboxylic acids is 3. The Balaban J connectivity index is 2.51. The van der Waals surface area contributed by atoms with Gasteiger partial charge in [0.2, 0.25) is 11.8 Å². The van der Waals surface area contributed by atoms with Crippen LogP contribution in [-0.4, -0.2) is 47.0 Å². The SMILES string of the molecule is CCCCCNC(=O)C(c1cc(C)ccc1C)N(C(=O)C(NC(=O)OC(C)(C)C)C(C)CC)C1CC1C. The number of ether oxygens (including phenoxy) is 1. The molecule has 0 spiro atoms. The van der Waals surface area contributed by atoms with E-state index in [1.54, 1.807) is 25.7 Å². The third-order valence-electron chi connectivity index (χ3n) is 7.17. The Morgan fingerprint density at radius 2 is 1.78 bits per heavy atom. The van der Waals surface area contributed by atoms with Gasteiger partial charge in [0, 0.05) is 12.6 Å². The van der Waals surface area contributed by atoms with Crippen molar-refractivity contribution in [1.82, 2.24) is 15.5 Å². The number of carbonyl (C=O) groups is 3. The summed E-state index contributed by atoms with van der Waals surface area (Å²) in [5, 5.41) is 5.95. The van der Waals surface area contributed by atoms with Gasteiger partial charge >= 0.3 is 6.09 Å². The van der Waals surface area contributed by atoms with E-state index in [1.807, 2.05) is 45.9 Å². The van der Waals surface area contributed by atoms with Gasteiger partial charge in [-0.05, 0) is 70.4 Å².